The molecule has 7 nitrogen and oxygen atoms in total. The van der Waals surface area contributed by atoms with Gasteiger partial charge in [0.2, 0.25) is 5.91 Å². The number of rotatable bonds is 5. The quantitative estimate of drug-likeness (QED) is 0.668. The summed E-state index contributed by atoms with van der Waals surface area (Å²) in [6.45, 7) is 0. The second kappa shape index (κ2) is 7.55. The number of carbonyl (C=O) groups is 2. The van der Waals surface area contributed by atoms with Crippen molar-refractivity contribution in [2.24, 2.45) is 0 Å². The number of halogens is 1. The predicted molar refractivity (Wildman–Crippen MR) is 107 cm³/mol. The molecule has 8 heteroatoms. The van der Waals surface area contributed by atoms with Crippen LogP contribution >= 0.6 is 0 Å². The van der Waals surface area contributed by atoms with E-state index in [0.29, 0.717) is 28.4 Å². The number of hydrogen-bond acceptors (Lipinski definition) is 4. The first-order valence-corrected chi connectivity index (χ1v) is 9.19. The van der Waals surface area contributed by atoms with Gasteiger partial charge in [-0.2, -0.15) is 0 Å². The van der Waals surface area contributed by atoms with Crippen LogP contribution in [0.4, 0.5) is 10.1 Å². The highest BCUT2D eigenvalue weighted by Crippen LogP contribution is 2.44. The number of anilines is 1. The first-order chi connectivity index (χ1) is 14.4. The van der Waals surface area contributed by atoms with E-state index < -0.39 is 17.7 Å². The molecule has 0 fully saturated rings. The number of carboxylic acid groups (broad SMARTS) is 1. The molecule has 0 spiro atoms. The molecule has 3 aromatic rings. The number of carboxylic acids is 1. The summed E-state index contributed by atoms with van der Waals surface area (Å²) in [5.41, 5.74) is 2.06. The molecule has 2 heterocycles. The molecule has 0 saturated carbocycles. The van der Waals surface area contributed by atoms with Gasteiger partial charge < -0.3 is 24.5 Å². The standard InChI is InChI=1S/C22H19FN2O5/c1-29-14-7-8-15(18(9-14)30-2)16-10-19(26)24-20-17(22(27)28)11-25(21(16)20)13-5-3-12(23)4-6-13/h3-9,11,16H,10H2,1-2H3,(H,24,26)(H,27,28)/t16-/m1/s1. The minimum absolute atomic E-state index is 0.0418. The van der Waals surface area contributed by atoms with Gasteiger partial charge in [-0.05, 0) is 30.3 Å². The Kier molecular flexibility index (Phi) is 4.91. The molecule has 2 aromatic carbocycles. The summed E-state index contributed by atoms with van der Waals surface area (Å²) in [7, 11) is 3.06. The minimum atomic E-state index is -1.17. The van der Waals surface area contributed by atoms with Crippen molar-refractivity contribution < 1.29 is 28.6 Å². The van der Waals surface area contributed by atoms with E-state index in [1.54, 1.807) is 42.0 Å². The van der Waals surface area contributed by atoms with Gasteiger partial charge in [-0.15, -0.1) is 0 Å². The van der Waals surface area contributed by atoms with E-state index >= 15 is 0 Å². The normalized spacial score (nSPS) is 15.3. The molecular weight excluding hydrogens is 391 g/mol. The molecule has 1 aromatic heterocycles. The number of fused-ring (bicyclic) bond motifs is 1. The molecule has 0 bridgehead atoms. The smallest absolute Gasteiger partial charge is 0.339 e. The zero-order valence-corrected chi connectivity index (χ0v) is 16.3. The maximum atomic E-state index is 13.4. The number of hydrogen-bond donors (Lipinski definition) is 2. The lowest BCUT2D eigenvalue weighted by atomic mass is 9.87. The van der Waals surface area contributed by atoms with Crippen molar-refractivity contribution in [1.82, 2.24) is 4.57 Å². The lowest BCUT2D eigenvalue weighted by Crippen LogP contribution is -2.25. The van der Waals surface area contributed by atoms with Crippen LogP contribution in [0.15, 0.2) is 48.7 Å². The fraction of sp³-hybridized carbons (Fsp3) is 0.182. The van der Waals surface area contributed by atoms with Gasteiger partial charge in [0.05, 0.1) is 25.6 Å². The number of benzene rings is 2. The molecule has 1 aliphatic rings. The van der Waals surface area contributed by atoms with E-state index in [-0.39, 0.29) is 23.6 Å². The third kappa shape index (κ3) is 3.26. The van der Waals surface area contributed by atoms with Crippen molar-refractivity contribution in [1.29, 1.82) is 0 Å². The number of methoxy groups -OCH3 is 2. The zero-order valence-electron chi connectivity index (χ0n) is 16.3. The summed E-state index contributed by atoms with van der Waals surface area (Å²) in [5, 5.41) is 12.4. The molecule has 2 N–H and O–H groups in total. The van der Waals surface area contributed by atoms with Crippen molar-refractivity contribution in [3.05, 3.63) is 71.3 Å². The number of carbonyl (C=O) groups excluding carboxylic acids is 1. The number of nitrogens with one attached hydrogen (secondary N) is 1. The summed E-state index contributed by atoms with van der Waals surface area (Å²) < 4.78 is 25.9. The molecule has 1 amide bonds. The van der Waals surface area contributed by atoms with Crippen LogP contribution in [0.5, 0.6) is 11.5 Å². The van der Waals surface area contributed by atoms with Crippen molar-refractivity contribution >= 4 is 17.6 Å². The fourth-order valence-electron chi connectivity index (χ4n) is 3.81. The van der Waals surface area contributed by atoms with Crippen molar-refractivity contribution in [2.75, 3.05) is 19.5 Å². The molecule has 0 saturated heterocycles. The monoisotopic (exact) mass is 410 g/mol. The zero-order chi connectivity index (χ0) is 21.4. The molecule has 154 valence electrons. The van der Waals surface area contributed by atoms with Gasteiger partial charge in [-0.1, -0.05) is 6.07 Å². The van der Waals surface area contributed by atoms with E-state index in [9.17, 15) is 19.1 Å². The Bertz CT molecular complexity index is 1140. The van der Waals surface area contributed by atoms with Gasteiger partial charge in [0, 0.05) is 35.9 Å². The average Bonchev–Trinajstić information content (AvgIpc) is 3.12. The van der Waals surface area contributed by atoms with Crippen LogP contribution in [-0.4, -0.2) is 35.8 Å². The number of amides is 1. The molecule has 0 unspecified atom stereocenters. The minimum Gasteiger partial charge on any atom is -0.497 e. The number of aromatic nitrogens is 1. The van der Waals surface area contributed by atoms with Crippen molar-refractivity contribution in [3.8, 4) is 17.2 Å². The Morgan fingerprint density at radius 1 is 1.17 bits per heavy atom. The number of nitrogens with zero attached hydrogens (tertiary/aromatic N) is 1. The van der Waals surface area contributed by atoms with E-state index in [4.69, 9.17) is 9.47 Å². The lowest BCUT2D eigenvalue weighted by molar-refractivity contribution is -0.116. The Balaban J connectivity index is 1.96. The Morgan fingerprint density at radius 3 is 2.53 bits per heavy atom. The van der Waals surface area contributed by atoms with Crippen molar-refractivity contribution in [2.45, 2.75) is 12.3 Å². The third-order valence-corrected chi connectivity index (χ3v) is 5.18. The van der Waals surface area contributed by atoms with Gasteiger partial charge >= 0.3 is 5.97 Å². The summed E-state index contributed by atoms with van der Waals surface area (Å²) in [6, 6.07) is 11.0. The van der Waals surface area contributed by atoms with Gasteiger partial charge in [0.15, 0.2) is 0 Å². The van der Waals surface area contributed by atoms with Crippen LogP contribution in [0.2, 0.25) is 0 Å². The second-order valence-corrected chi connectivity index (χ2v) is 6.87. The molecule has 1 atom stereocenters. The molecular formula is C22H19FN2O5. The van der Waals surface area contributed by atoms with Gasteiger partial charge in [0.25, 0.3) is 0 Å². The molecule has 0 radical (unpaired) electrons. The van der Waals surface area contributed by atoms with E-state index in [0.717, 1.165) is 0 Å². The van der Waals surface area contributed by atoms with E-state index in [2.05, 4.69) is 5.32 Å². The van der Waals surface area contributed by atoms with Gasteiger partial charge in [-0.25, -0.2) is 9.18 Å². The van der Waals surface area contributed by atoms with Gasteiger partial charge in [-0.3, -0.25) is 4.79 Å². The molecule has 4 rings (SSSR count). The van der Waals surface area contributed by atoms with Crippen LogP contribution in [0.25, 0.3) is 5.69 Å². The summed E-state index contributed by atoms with van der Waals surface area (Å²) >= 11 is 0. The molecule has 1 aliphatic heterocycles. The molecule has 0 aliphatic carbocycles. The van der Waals surface area contributed by atoms with Crippen LogP contribution in [0.1, 0.15) is 34.0 Å². The number of ether oxygens (including phenoxy) is 2. The highest BCUT2D eigenvalue weighted by Gasteiger charge is 2.35. The topological polar surface area (TPSA) is 89.8 Å². The first-order valence-electron chi connectivity index (χ1n) is 9.19. The SMILES string of the molecule is COc1ccc([C@H]2CC(=O)Nc3c(C(=O)O)cn(-c4ccc(F)cc4)c32)c(OC)c1. The summed E-state index contributed by atoms with van der Waals surface area (Å²) in [5.74, 6) is -1.24. The summed E-state index contributed by atoms with van der Waals surface area (Å²) in [6.07, 6.45) is 1.54. The van der Waals surface area contributed by atoms with E-state index in [1.807, 2.05) is 0 Å². The Hall–Kier alpha value is -3.81. The highest BCUT2D eigenvalue weighted by atomic mass is 19.1. The van der Waals surface area contributed by atoms with Crippen LogP contribution in [0, 0.1) is 5.82 Å². The highest BCUT2D eigenvalue weighted by molar-refractivity contribution is 6.04. The summed E-state index contributed by atoms with van der Waals surface area (Å²) in [4.78, 5) is 24.3. The van der Waals surface area contributed by atoms with Gasteiger partial charge in [0.1, 0.15) is 22.9 Å². The van der Waals surface area contributed by atoms with Crippen LogP contribution < -0.4 is 14.8 Å². The molecule has 30 heavy (non-hydrogen) atoms. The third-order valence-electron chi connectivity index (χ3n) is 5.18. The number of aromatic carboxylic acids is 1. The lowest BCUT2D eigenvalue weighted by Gasteiger charge is -2.27. The Morgan fingerprint density at radius 2 is 1.90 bits per heavy atom. The maximum absolute atomic E-state index is 13.4. The fourth-order valence-corrected chi connectivity index (χ4v) is 3.81. The maximum Gasteiger partial charge on any atom is 0.339 e. The Labute approximate surface area is 171 Å². The average molecular weight is 410 g/mol. The first kappa shape index (κ1) is 19.5. The largest absolute Gasteiger partial charge is 0.497 e. The van der Waals surface area contributed by atoms with Crippen LogP contribution in [-0.2, 0) is 4.79 Å². The predicted octanol–water partition coefficient (Wildman–Crippen LogP) is 3.81. The van der Waals surface area contributed by atoms with Crippen molar-refractivity contribution in [3.63, 3.8) is 0 Å². The second-order valence-electron chi connectivity index (χ2n) is 6.87. The van der Waals surface area contributed by atoms with E-state index in [1.165, 1.54) is 25.4 Å². The van der Waals surface area contributed by atoms with Crippen LogP contribution in [0.3, 0.4) is 0 Å².